The molecule has 1 rings (SSSR count). The number of nitroso groups, excluding NO2 is 1. The lowest BCUT2D eigenvalue weighted by atomic mass is 10.0. The normalized spacial score (nSPS) is 12.0. The SMILES string of the molecule is COC(C)(C)C.O=NC(CC(=O)O)Cc1ccccc1F. The molecule has 0 heterocycles. The number of methoxy groups -OCH3 is 1. The van der Waals surface area contributed by atoms with E-state index in [-0.39, 0.29) is 18.4 Å². The van der Waals surface area contributed by atoms with Crippen molar-refractivity contribution in [3.63, 3.8) is 0 Å². The lowest BCUT2D eigenvalue weighted by Gasteiger charge is -2.14. The van der Waals surface area contributed by atoms with Crippen LogP contribution >= 0.6 is 0 Å². The van der Waals surface area contributed by atoms with Gasteiger partial charge in [0, 0.05) is 13.5 Å². The van der Waals surface area contributed by atoms with E-state index in [9.17, 15) is 14.1 Å². The van der Waals surface area contributed by atoms with Crippen LogP contribution in [-0.2, 0) is 16.0 Å². The van der Waals surface area contributed by atoms with Crippen molar-refractivity contribution in [3.8, 4) is 0 Å². The molecular weight excluding hydrogens is 277 g/mol. The van der Waals surface area contributed by atoms with E-state index >= 15 is 0 Å². The van der Waals surface area contributed by atoms with Crippen LogP contribution in [0.25, 0.3) is 0 Å². The van der Waals surface area contributed by atoms with Crippen molar-refractivity contribution >= 4 is 5.97 Å². The van der Waals surface area contributed by atoms with Crippen molar-refractivity contribution in [1.82, 2.24) is 0 Å². The Morgan fingerprint density at radius 3 is 2.29 bits per heavy atom. The molecular formula is C15H22FNO4. The van der Waals surface area contributed by atoms with E-state index in [1.807, 2.05) is 20.8 Å². The fraction of sp³-hybridized carbons (Fsp3) is 0.533. The van der Waals surface area contributed by atoms with E-state index in [2.05, 4.69) is 5.18 Å². The Bertz CT molecular complexity index is 457. The van der Waals surface area contributed by atoms with Gasteiger partial charge in [0.15, 0.2) is 0 Å². The molecule has 1 unspecified atom stereocenters. The highest BCUT2D eigenvalue weighted by molar-refractivity contribution is 5.67. The molecule has 0 aromatic heterocycles. The molecule has 1 N–H and O–H groups in total. The number of hydrogen-bond acceptors (Lipinski definition) is 4. The first-order chi connectivity index (χ1) is 9.69. The Morgan fingerprint density at radius 1 is 1.38 bits per heavy atom. The third kappa shape index (κ3) is 9.67. The van der Waals surface area contributed by atoms with Crippen molar-refractivity contribution in [2.45, 2.75) is 45.3 Å². The summed E-state index contributed by atoms with van der Waals surface area (Å²) in [5.74, 6) is -1.56. The summed E-state index contributed by atoms with van der Waals surface area (Å²) in [7, 11) is 1.71. The number of hydrogen-bond donors (Lipinski definition) is 1. The molecule has 5 nitrogen and oxygen atoms in total. The second-order valence-electron chi connectivity index (χ2n) is 5.47. The van der Waals surface area contributed by atoms with Gasteiger partial charge in [0.05, 0.1) is 12.0 Å². The van der Waals surface area contributed by atoms with Crippen LogP contribution in [0.3, 0.4) is 0 Å². The first-order valence-electron chi connectivity index (χ1n) is 6.52. The summed E-state index contributed by atoms with van der Waals surface area (Å²) in [6.07, 6.45) is -0.361. The molecule has 0 aliphatic rings. The fourth-order valence-corrected chi connectivity index (χ4v) is 1.27. The van der Waals surface area contributed by atoms with Gasteiger partial charge in [0.25, 0.3) is 0 Å². The first kappa shape index (κ1) is 19.2. The predicted octanol–water partition coefficient (Wildman–Crippen LogP) is 3.41. The van der Waals surface area contributed by atoms with Gasteiger partial charge in [-0.3, -0.25) is 4.79 Å². The smallest absolute Gasteiger partial charge is 0.305 e. The Balaban J connectivity index is 0.000000567. The molecule has 0 bridgehead atoms. The topological polar surface area (TPSA) is 76.0 Å². The lowest BCUT2D eigenvalue weighted by Crippen LogP contribution is -2.15. The maximum atomic E-state index is 13.1. The average molecular weight is 299 g/mol. The highest BCUT2D eigenvalue weighted by Gasteiger charge is 2.15. The fourth-order valence-electron chi connectivity index (χ4n) is 1.27. The van der Waals surface area contributed by atoms with Crippen LogP contribution in [-0.4, -0.2) is 29.8 Å². The van der Waals surface area contributed by atoms with E-state index < -0.39 is 17.8 Å². The molecule has 0 amide bonds. The molecule has 118 valence electrons. The highest BCUT2D eigenvalue weighted by Crippen LogP contribution is 2.12. The second-order valence-corrected chi connectivity index (χ2v) is 5.47. The van der Waals surface area contributed by atoms with Gasteiger partial charge in [0.1, 0.15) is 11.9 Å². The van der Waals surface area contributed by atoms with E-state index in [0.717, 1.165) is 0 Å². The highest BCUT2D eigenvalue weighted by atomic mass is 19.1. The van der Waals surface area contributed by atoms with Crippen LogP contribution in [0.4, 0.5) is 4.39 Å². The molecule has 0 saturated carbocycles. The quantitative estimate of drug-likeness (QED) is 0.845. The number of aliphatic carboxylic acids is 1. The number of benzene rings is 1. The molecule has 21 heavy (non-hydrogen) atoms. The maximum Gasteiger partial charge on any atom is 0.305 e. The van der Waals surface area contributed by atoms with Crippen molar-refractivity contribution in [2.75, 3.05) is 7.11 Å². The van der Waals surface area contributed by atoms with Crippen LogP contribution in [0.2, 0.25) is 0 Å². The largest absolute Gasteiger partial charge is 0.481 e. The molecule has 1 aromatic carbocycles. The zero-order chi connectivity index (χ0) is 16.5. The molecule has 0 saturated heterocycles. The van der Waals surface area contributed by atoms with Gasteiger partial charge in [-0.25, -0.2) is 4.39 Å². The van der Waals surface area contributed by atoms with Crippen LogP contribution in [0.1, 0.15) is 32.8 Å². The van der Waals surface area contributed by atoms with Gasteiger partial charge < -0.3 is 9.84 Å². The van der Waals surface area contributed by atoms with E-state index in [1.54, 1.807) is 13.2 Å². The molecule has 0 spiro atoms. The third-order valence-corrected chi connectivity index (χ3v) is 2.59. The summed E-state index contributed by atoms with van der Waals surface area (Å²) in [4.78, 5) is 20.7. The average Bonchev–Trinajstić information content (AvgIpc) is 2.40. The predicted molar refractivity (Wildman–Crippen MR) is 78.7 cm³/mol. The molecule has 6 heteroatoms. The number of ether oxygens (including phenoxy) is 1. The molecule has 0 fully saturated rings. The molecule has 0 radical (unpaired) electrons. The standard InChI is InChI=1S/C10H10FNO3.C5H12O/c11-9-4-2-1-3-7(9)5-8(12-15)6-10(13)14;1-5(2,3)6-4/h1-4,8H,5-6H2,(H,13,14);1-4H3. The summed E-state index contributed by atoms with van der Waals surface area (Å²) >= 11 is 0. The van der Waals surface area contributed by atoms with Crippen molar-refractivity contribution in [3.05, 3.63) is 40.6 Å². The number of nitrogens with zero attached hydrogens (tertiary/aromatic N) is 1. The van der Waals surface area contributed by atoms with Crippen LogP contribution in [0.15, 0.2) is 29.4 Å². The molecule has 1 aromatic rings. The minimum Gasteiger partial charge on any atom is -0.481 e. The summed E-state index contributed by atoms with van der Waals surface area (Å²) in [5, 5.41) is 11.1. The maximum absolute atomic E-state index is 13.1. The van der Waals surface area contributed by atoms with E-state index in [1.165, 1.54) is 18.2 Å². The Morgan fingerprint density at radius 2 is 1.90 bits per heavy atom. The summed E-state index contributed by atoms with van der Waals surface area (Å²) in [6.45, 7) is 6.06. The van der Waals surface area contributed by atoms with Gasteiger partial charge in [-0.2, -0.15) is 4.91 Å². The number of halogens is 1. The number of rotatable bonds is 5. The minimum atomic E-state index is -1.11. The number of carbonyl (C=O) groups is 1. The number of carboxylic acid groups (broad SMARTS) is 1. The van der Waals surface area contributed by atoms with Crippen molar-refractivity contribution in [1.29, 1.82) is 0 Å². The van der Waals surface area contributed by atoms with Crippen LogP contribution < -0.4 is 0 Å². The monoisotopic (exact) mass is 299 g/mol. The summed E-state index contributed by atoms with van der Waals surface area (Å²) in [6, 6.07) is 5.01. The van der Waals surface area contributed by atoms with Gasteiger partial charge in [-0.1, -0.05) is 23.4 Å². The van der Waals surface area contributed by atoms with Crippen LogP contribution in [0, 0.1) is 10.7 Å². The molecule has 0 aliphatic carbocycles. The third-order valence-electron chi connectivity index (χ3n) is 2.59. The zero-order valence-corrected chi connectivity index (χ0v) is 12.8. The second kappa shape index (κ2) is 9.18. The van der Waals surface area contributed by atoms with Crippen molar-refractivity contribution < 1.29 is 19.0 Å². The summed E-state index contributed by atoms with van der Waals surface area (Å²) in [5.41, 5.74) is 0.350. The van der Waals surface area contributed by atoms with Gasteiger partial charge in [-0.05, 0) is 32.4 Å². The van der Waals surface area contributed by atoms with Gasteiger partial charge >= 0.3 is 5.97 Å². The van der Waals surface area contributed by atoms with E-state index in [0.29, 0.717) is 5.56 Å². The Kier molecular flexibility index (Phi) is 8.38. The van der Waals surface area contributed by atoms with Crippen molar-refractivity contribution in [2.24, 2.45) is 5.18 Å². The molecule has 0 aliphatic heterocycles. The van der Waals surface area contributed by atoms with Crippen LogP contribution in [0.5, 0.6) is 0 Å². The first-order valence-corrected chi connectivity index (χ1v) is 6.52. The van der Waals surface area contributed by atoms with E-state index in [4.69, 9.17) is 9.84 Å². The summed E-state index contributed by atoms with van der Waals surface area (Å²) < 4.78 is 18.1. The van der Waals surface area contributed by atoms with Gasteiger partial charge in [0.2, 0.25) is 0 Å². The zero-order valence-electron chi connectivity index (χ0n) is 12.8. The van der Waals surface area contributed by atoms with Gasteiger partial charge in [-0.15, -0.1) is 0 Å². The molecule has 1 atom stereocenters. The lowest BCUT2D eigenvalue weighted by molar-refractivity contribution is -0.137. The minimum absolute atomic E-state index is 0.0163. The number of carboxylic acids is 1. The Hall–Kier alpha value is -1.82. The Labute approximate surface area is 124 Å².